The zero-order chi connectivity index (χ0) is 19.2. The summed E-state index contributed by atoms with van der Waals surface area (Å²) in [7, 11) is 1.35. The molecule has 0 aliphatic carbocycles. The summed E-state index contributed by atoms with van der Waals surface area (Å²) in [6.45, 7) is 1.09. The van der Waals surface area contributed by atoms with Crippen molar-refractivity contribution in [2.45, 2.75) is 19.1 Å². The first-order chi connectivity index (χ1) is 13.1. The maximum atomic E-state index is 12.1. The van der Waals surface area contributed by atoms with Crippen LogP contribution in [-0.2, 0) is 27.2 Å². The maximum Gasteiger partial charge on any atom is 0.414 e. The minimum Gasteiger partial charge on any atom is -0.490 e. The predicted molar refractivity (Wildman–Crippen MR) is 99.6 cm³/mol. The zero-order valence-corrected chi connectivity index (χ0v) is 15.1. The quantitative estimate of drug-likeness (QED) is 0.752. The van der Waals surface area contributed by atoms with Gasteiger partial charge in [-0.05, 0) is 35.4 Å². The van der Waals surface area contributed by atoms with E-state index in [1.54, 1.807) is 23.1 Å². The van der Waals surface area contributed by atoms with Crippen molar-refractivity contribution in [3.05, 3.63) is 59.7 Å². The highest BCUT2D eigenvalue weighted by atomic mass is 16.6. The van der Waals surface area contributed by atoms with E-state index in [1.807, 2.05) is 30.3 Å². The Labute approximate surface area is 157 Å². The van der Waals surface area contributed by atoms with E-state index in [0.29, 0.717) is 18.8 Å². The van der Waals surface area contributed by atoms with Crippen LogP contribution in [0.15, 0.2) is 48.5 Å². The third kappa shape index (κ3) is 4.77. The number of anilines is 1. The number of hydrogen-bond donors (Lipinski definition) is 1. The van der Waals surface area contributed by atoms with Crippen LogP contribution in [0.1, 0.15) is 11.1 Å². The van der Waals surface area contributed by atoms with Gasteiger partial charge in [-0.3, -0.25) is 9.69 Å². The number of rotatable bonds is 7. The fraction of sp³-hybridized carbons (Fsp3) is 0.300. The molecule has 1 aliphatic heterocycles. The molecule has 0 saturated carbocycles. The molecule has 1 saturated heterocycles. The van der Waals surface area contributed by atoms with E-state index in [1.165, 1.54) is 7.11 Å². The molecule has 2 aromatic rings. The van der Waals surface area contributed by atoms with Crippen molar-refractivity contribution in [3.8, 4) is 5.75 Å². The summed E-state index contributed by atoms with van der Waals surface area (Å²) in [5.74, 6) is 0.298. The number of cyclic esters (lactones) is 1. The number of nitrogens with zero attached hydrogens (tertiary/aromatic N) is 1. The minimum atomic E-state index is -0.399. The SMILES string of the molecule is COC(=O)Cc1cccc(OCC2CN(c3ccc(CN)cc3)C(=O)O2)c1. The van der Waals surface area contributed by atoms with Gasteiger partial charge in [0.2, 0.25) is 0 Å². The van der Waals surface area contributed by atoms with Gasteiger partial charge in [-0.25, -0.2) is 4.79 Å². The normalized spacial score (nSPS) is 16.1. The van der Waals surface area contributed by atoms with Gasteiger partial charge in [0.25, 0.3) is 0 Å². The van der Waals surface area contributed by atoms with Crippen molar-refractivity contribution in [2.24, 2.45) is 5.73 Å². The molecule has 3 rings (SSSR count). The van der Waals surface area contributed by atoms with Crippen molar-refractivity contribution in [3.63, 3.8) is 0 Å². The number of amides is 1. The van der Waals surface area contributed by atoms with Gasteiger partial charge in [0.05, 0.1) is 20.1 Å². The third-order valence-electron chi connectivity index (χ3n) is 4.27. The van der Waals surface area contributed by atoms with Crippen LogP contribution in [0.3, 0.4) is 0 Å². The molecule has 1 unspecified atom stereocenters. The molecule has 2 N–H and O–H groups in total. The van der Waals surface area contributed by atoms with E-state index in [2.05, 4.69) is 4.74 Å². The summed E-state index contributed by atoms with van der Waals surface area (Å²) in [6.07, 6.45) is -0.599. The first-order valence-corrected chi connectivity index (χ1v) is 8.64. The van der Waals surface area contributed by atoms with Gasteiger partial charge in [0, 0.05) is 12.2 Å². The summed E-state index contributed by atoms with van der Waals surface area (Å²) in [5, 5.41) is 0. The zero-order valence-electron chi connectivity index (χ0n) is 15.1. The third-order valence-corrected chi connectivity index (χ3v) is 4.27. The second-order valence-corrected chi connectivity index (χ2v) is 6.20. The van der Waals surface area contributed by atoms with Crippen molar-refractivity contribution >= 4 is 17.7 Å². The molecule has 1 heterocycles. The molecular formula is C20H22N2O5. The highest BCUT2D eigenvalue weighted by Gasteiger charge is 2.32. The van der Waals surface area contributed by atoms with Crippen LogP contribution in [-0.4, -0.2) is 38.4 Å². The smallest absolute Gasteiger partial charge is 0.414 e. The molecule has 1 aliphatic rings. The Hall–Kier alpha value is -3.06. The molecule has 7 heteroatoms. The van der Waals surface area contributed by atoms with E-state index in [9.17, 15) is 9.59 Å². The summed E-state index contributed by atoms with van der Waals surface area (Å²) in [5.41, 5.74) is 8.15. The van der Waals surface area contributed by atoms with Crippen molar-refractivity contribution in [1.29, 1.82) is 0 Å². The van der Waals surface area contributed by atoms with Crippen LogP contribution >= 0.6 is 0 Å². The van der Waals surface area contributed by atoms with Gasteiger partial charge in [0.15, 0.2) is 6.10 Å². The van der Waals surface area contributed by atoms with Gasteiger partial charge < -0.3 is 19.9 Å². The van der Waals surface area contributed by atoms with E-state index in [4.69, 9.17) is 15.2 Å². The number of carbonyl (C=O) groups is 2. The van der Waals surface area contributed by atoms with E-state index >= 15 is 0 Å². The van der Waals surface area contributed by atoms with Crippen LogP contribution in [0.4, 0.5) is 10.5 Å². The fourth-order valence-corrected chi connectivity index (χ4v) is 2.80. The number of carbonyl (C=O) groups excluding carboxylic acids is 2. The van der Waals surface area contributed by atoms with Crippen LogP contribution in [0.5, 0.6) is 5.75 Å². The second-order valence-electron chi connectivity index (χ2n) is 6.20. The molecule has 142 valence electrons. The lowest BCUT2D eigenvalue weighted by molar-refractivity contribution is -0.139. The molecule has 1 fully saturated rings. The fourth-order valence-electron chi connectivity index (χ4n) is 2.80. The Bertz CT molecular complexity index is 806. The van der Waals surface area contributed by atoms with Crippen LogP contribution in [0, 0.1) is 0 Å². The van der Waals surface area contributed by atoms with E-state index < -0.39 is 6.09 Å². The lowest BCUT2D eigenvalue weighted by atomic mass is 10.1. The van der Waals surface area contributed by atoms with Gasteiger partial charge in [0.1, 0.15) is 12.4 Å². The standard InChI is InChI=1S/C20H22N2O5/c1-25-19(23)10-15-3-2-4-17(9-15)26-13-18-12-22(20(24)27-18)16-7-5-14(11-21)6-8-16/h2-9,18H,10-13,21H2,1H3. The summed E-state index contributed by atoms with van der Waals surface area (Å²) < 4.78 is 15.8. The Morgan fingerprint density at radius 2 is 2.00 bits per heavy atom. The number of nitrogens with two attached hydrogens (primary N) is 1. The lowest BCUT2D eigenvalue weighted by Gasteiger charge is -2.14. The Morgan fingerprint density at radius 3 is 2.70 bits per heavy atom. The van der Waals surface area contributed by atoms with Gasteiger partial charge in [-0.2, -0.15) is 0 Å². The Morgan fingerprint density at radius 1 is 1.22 bits per heavy atom. The molecule has 0 aromatic heterocycles. The van der Waals surface area contributed by atoms with Crippen molar-refractivity contribution in [2.75, 3.05) is 25.2 Å². The number of ether oxygens (including phenoxy) is 3. The highest BCUT2D eigenvalue weighted by Crippen LogP contribution is 2.23. The summed E-state index contributed by atoms with van der Waals surface area (Å²) >= 11 is 0. The van der Waals surface area contributed by atoms with Gasteiger partial charge in [-0.1, -0.05) is 24.3 Å². The monoisotopic (exact) mass is 370 g/mol. The molecule has 1 atom stereocenters. The number of esters is 1. The first-order valence-electron chi connectivity index (χ1n) is 8.64. The molecule has 1 amide bonds. The first kappa shape index (κ1) is 18.7. The van der Waals surface area contributed by atoms with Crippen LogP contribution in [0.2, 0.25) is 0 Å². The average molecular weight is 370 g/mol. The Kier molecular flexibility index (Phi) is 5.93. The van der Waals surface area contributed by atoms with Gasteiger partial charge >= 0.3 is 12.1 Å². The molecule has 0 bridgehead atoms. The predicted octanol–water partition coefficient (Wildman–Crippen LogP) is 2.27. The van der Waals surface area contributed by atoms with E-state index in [-0.39, 0.29) is 25.1 Å². The molecular weight excluding hydrogens is 348 g/mol. The highest BCUT2D eigenvalue weighted by molar-refractivity contribution is 5.89. The van der Waals surface area contributed by atoms with Crippen LogP contribution < -0.4 is 15.4 Å². The average Bonchev–Trinajstić information content (AvgIpc) is 3.07. The van der Waals surface area contributed by atoms with E-state index in [0.717, 1.165) is 16.8 Å². The largest absolute Gasteiger partial charge is 0.490 e. The number of hydrogen-bond acceptors (Lipinski definition) is 6. The Balaban J connectivity index is 1.57. The summed E-state index contributed by atoms with van der Waals surface area (Å²) in [6, 6.07) is 14.7. The van der Waals surface area contributed by atoms with Crippen LogP contribution in [0.25, 0.3) is 0 Å². The molecule has 0 spiro atoms. The maximum absolute atomic E-state index is 12.1. The second kappa shape index (κ2) is 8.55. The lowest BCUT2D eigenvalue weighted by Crippen LogP contribution is -2.26. The van der Waals surface area contributed by atoms with Crippen molar-refractivity contribution in [1.82, 2.24) is 0 Å². The number of benzene rings is 2. The molecule has 27 heavy (non-hydrogen) atoms. The van der Waals surface area contributed by atoms with Crippen molar-refractivity contribution < 1.29 is 23.8 Å². The molecule has 7 nitrogen and oxygen atoms in total. The van der Waals surface area contributed by atoms with Gasteiger partial charge in [-0.15, -0.1) is 0 Å². The summed E-state index contributed by atoms with van der Waals surface area (Å²) in [4.78, 5) is 25.1. The molecule has 2 aromatic carbocycles. The number of methoxy groups -OCH3 is 1. The topological polar surface area (TPSA) is 91.1 Å². The minimum absolute atomic E-state index is 0.179. The molecule has 0 radical (unpaired) electrons.